The number of amides is 1. The molecule has 0 saturated heterocycles. The van der Waals surface area contributed by atoms with Crippen LogP contribution in [0, 0.1) is 5.82 Å². The van der Waals surface area contributed by atoms with Crippen LogP contribution in [0.25, 0.3) is 22.3 Å². The van der Waals surface area contributed by atoms with Crippen LogP contribution in [0.1, 0.15) is 63.6 Å². The zero-order valence-corrected chi connectivity index (χ0v) is 25.2. The van der Waals surface area contributed by atoms with Gasteiger partial charge in [0.15, 0.2) is 0 Å². The van der Waals surface area contributed by atoms with E-state index in [1.807, 2.05) is 6.07 Å². The highest BCUT2D eigenvalue weighted by Gasteiger charge is 2.35. The first-order valence-electron chi connectivity index (χ1n) is 12.9. The van der Waals surface area contributed by atoms with Gasteiger partial charge in [-0.1, -0.05) is 6.07 Å². The predicted molar refractivity (Wildman–Crippen MR) is 158 cm³/mol. The third-order valence-electron chi connectivity index (χ3n) is 7.24. The maximum atomic E-state index is 13.7. The molecule has 1 aliphatic rings. The fourth-order valence-electron chi connectivity index (χ4n) is 5.10. The molecule has 0 spiro atoms. The molecule has 1 unspecified atom stereocenters. The van der Waals surface area contributed by atoms with E-state index >= 15 is 0 Å². The van der Waals surface area contributed by atoms with Gasteiger partial charge in [0, 0.05) is 28.5 Å². The molecule has 11 heteroatoms. The zero-order chi connectivity index (χ0) is 29.6. The van der Waals surface area contributed by atoms with E-state index in [4.69, 9.17) is 9.15 Å². The van der Waals surface area contributed by atoms with Crippen molar-refractivity contribution < 1.29 is 31.6 Å². The Balaban J connectivity index is 1.73. The molecule has 1 aromatic heterocycles. The normalized spacial score (nSPS) is 14.1. The third-order valence-corrected chi connectivity index (χ3v) is 9.16. The molecule has 3 aromatic carbocycles. The number of rotatable bonds is 8. The Kier molecular flexibility index (Phi) is 7.69. The van der Waals surface area contributed by atoms with Gasteiger partial charge in [-0.05, 0) is 95.2 Å². The maximum Gasteiger partial charge on any atom is 0.339 e. The number of ether oxygens (including phenoxy) is 1. The molecule has 5 rings (SSSR count). The van der Waals surface area contributed by atoms with Crippen molar-refractivity contribution in [3.8, 4) is 11.3 Å². The summed E-state index contributed by atoms with van der Waals surface area (Å²) in [5, 5.41) is 3.18. The summed E-state index contributed by atoms with van der Waals surface area (Å²) in [5.74, 6) is -1.000. The number of sulfonamides is 1. The molecule has 1 heterocycles. The maximum absolute atomic E-state index is 13.7. The molecule has 1 N–H and O–H groups in total. The molecule has 0 radical (unpaired) electrons. The lowest BCUT2D eigenvalue weighted by Gasteiger charge is -2.31. The molecule has 41 heavy (non-hydrogen) atoms. The van der Waals surface area contributed by atoms with Crippen molar-refractivity contribution in [3.05, 3.63) is 87.1 Å². The second kappa shape index (κ2) is 10.9. The summed E-state index contributed by atoms with van der Waals surface area (Å²) in [4.78, 5) is 25.4. The number of fused-ring (bicyclic) bond motifs is 1. The van der Waals surface area contributed by atoms with Crippen LogP contribution in [0.4, 0.5) is 10.1 Å². The lowest BCUT2D eigenvalue weighted by atomic mass is 9.99. The average molecular weight is 644 g/mol. The Morgan fingerprint density at radius 1 is 1.12 bits per heavy atom. The Hall–Kier alpha value is -3.70. The average Bonchev–Trinajstić information content (AvgIpc) is 3.72. The highest BCUT2D eigenvalue weighted by atomic mass is 79.9. The molecule has 1 amide bonds. The number of hydrogen-bond donors (Lipinski definition) is 1. The number of hydrogen-bond acceptors (Lipinski definition) is 6. The van der Waals surface area contributed by atoms with E-state index < -0.39 is 27.9 Å². The monoisotopic (exact) mass is 642 g/mol. The first kappa shape index (κ1) is 28.8. The SMILES string of the molecule is CNC(=O)c1c(-c2ccc(F)cc2)oc2cc(N(C(C)c3ccc(Br)c(C(=O)OC)c3)S(C)(=O)=O)c(C3CC3)cc12. The van der Waals surface area contributed by atoms with Gasteiger partial charge in [0.2, 0.25) is 10.0 Å². The lowest BCUT2D eigenvalue weighted by Crippen LogP contribution is -2.33. The standard InChI is InChI=1S/C30H28BrFN2O6S/c1-16(19-9-12-24(31)22(13-19)30(36)39-3)34(41(4,37)38)25-15-26-23(14-21(25)17-5-6-17)27(29(35)33-2)28(40-26)18-7-10-20(32)11-8-18/h7-17H,5-6H2,1-4H3,(H,33,35). The van der Waals surface area contributed by atoms with Gasteiger partial charge in [-0.15, -0.1) is 0 Å². The minimum atomic E-state index is -3.85. The second-order valence-electron chi connectivity index (χ2n) is 10.0. The molecule has 8 nitrogen and oxygen atoms in total. The van der Waals surface area contributed by atoms with Gasteiger partial charge in [0.1, 0.15) is 17.2 Å². The smallest absolute Gasteiger partial charge is 0.339 e. The number of nitrogens with one attached hydrogen (secondary N) is 1. The Morgan fingerprint density at radius 3 is 2.39 bits per heavy atom. The fraction of sp³-hybridized carbons (Fsp3) is 0.267. The van der Waals surface area contributed by atoms with Crippen molar-refractivity contribution in [2.45, 2.75) is 31.7 Å². The summed E-state index contributed by atoms with van der Waals surface area (Å²) >= 11 is 3.36. The first-order chi connectivity index (χ1) is 19.4. The molecule has 0 aliphatic heterocycles. The van der Waals surface area contributed by atoms with Crippen LogP contribution < -0.4 is 9.62 Å². The van der Waals surface area contributed by atoms with Crippen molar-refractivity contribution in [1.29, 1.82) is 0 Å². The fourth-order valence-corrected chi connectivity index (χ4v) is 6.72. The third kappa shape index (κ3) is 5.48. The van der Waals surface area contributed by atoms with E-state index in [0.717, 1.165) is 24.7 Å². The summed E-state index contributed by atoms with van der Waals surface area (Å²) in [7, 11) is -1.06. The van der Waals surface area contributed by atoms with Gasteiger partial charge in [0.05, 0.1) is 36.2 Å². The highest BCUT2D eigenvalue weighted by Crippen LogP contribution is 2.49. The van der Waals surface area contributed by atoms with Crippen LogP contribution in [0.5, 0.6) is 0 Å². The summed E-state index contributed by atoms with van der Waals surface area (Å²) in [6, 6.07) is 13.4. The molecule has 1 saturated carbocycles. The number of anilines is 1. The molecule has 0 bridgehead atoms. The second-order valence-corrected chi connectivity index (χ2v) is 12.8. The first-order valence-corrected chi connectivity index (χ1v) is 15.5. The van der Waals surface area contributed by atoms with E-state index in [2.05, 4.69) is 21.2 Å². The van der Waals surface area contributed by atoms with Gasteiger partial charge in [-0.25, -0.2) is 17.6 Å². The van der Waals surface area contributed by atoms with E-state index in [-0.39, 0.29) is 28.7 Å². The van der Waals surface area contributed by atoms with Crippen molar-refractivity contribution in [3.63, 3.8) is 0 Å². The number of furan rings is 1. The van der Waals surface area contributed by atoms with Crippen LogP contribution in [0.2, 0.25) is 0 Å². The number of nitrogens with zero attached hydrogens (tertiary/aromatic N) is 1. The molecular weight excluding hydrogens is 615 g/mol. The largest absolute Gasteiger partial charge is 0.465 e. The quantitative estimate of drug-likeness (QED) is 0.218. The molecule has 214 valence electrons. The van der Waals surface area contributed by atoms with Gasteiger partial charge >= 0.3 is 5.97 Å². The molecule has 1 fully saturated rings. The Bertz CT molecular complexity index is 1780. The summed E-state index contributed by atoms with van der Waals surface area (Å²) in [6.07, 6.45) is 2.87. The molecule has 1 aliphatic carbocycles. The van der Waals surface area contributed by atoms with Gasteiger partial charge < -0.3 is 14.5 Å². The van der Waals surface area contributed by atoms with Gasteiger partial charge in [0.25, 0.3) is 5.91 Å². The number of carbonyl (C=O) groups is 2. The number of benzene rings is 3. The van der Waals surface area contributed by atoms with E-state index in [1.54, 1.807) is 31.2 Å². The predicted octanol–water partition coefficient (Wildman–Crippen LogP) is 6.55. The van der Waals surface area contributed by atoms with Gasteiger partial charge in [-0.3, -0.25) is 9.10 Å². The van der Waals surface area contributed by atoms with Gasteiger partial charge in [-0.2, -0.15) is 0 Å². The Labute approximate surface area is 245 Å². The zero-order valence-electron chi connectivity index (χ0n) is 22.8. The molecular formula is C30H28BrFN2O6S. The van der Waals surface area contributed by atoms with Crippen molar-refractivity contribution >= 4 is 54.5 Å². The topological polar surface area (TPSA) is 106 Å². The number of methoxy groups -OCH3 is 1. The molecule has 1 atom stereocenters. The van der Waals surface area contributed by atoms with Crippen LogP contribution in [-0.4, -0.2) is 40.7 Å². The van der Waals surface area contributed by atoms with Crippen LogP contribution in [0.15, 0.2) is 63.5 Å². The summed E-state index contributed by atoms with van der Waals surface area (Å²) < 4.78 is 53.4. The van der Waals surface area contributed by atoms with Crippen LogP contribution in [-0.2, 0) is 14.8 Å². The minimum absolute atomic E-state index is 0.100. The van der Waals surface area contributed by atoms with Crippen LogP contribution >= 0.6 is 15.9 Å². The van der Waals surface area contributed by atoms with E-state index in [9.17, 15) is 22.4 Å². The molecule has 4 aromatic rings. The summed E-state index contributed by atoms with van der Waals surface area (Å²) in [5.41, 5.74) is 3.17. The van der Waals surface area contributed by atoms with Crippen molar-refractivity contribution in [2.75, 3.05) is 24.7 Å². The summed E-state index contributed by atoms with van der Waals surface area (Å²) in [6.45, 7) is 1.74. The van der Waals surface area contributed by atoms with Crippen molar-refractivity contribution in [1.82, 2.24) is 5.32 Å². The number of carbonyl (C=O) groups excluding carboxylic acids is 2. The Morgan fingerprint density at radius 2 is 1.80 bits per heavy atom. The van der Waals surface area contributed by atoms with Crippen LogP contribution in [0.3, 0.4) is 0 Å². The van der Waals surface area contributed by atoms with E-state index in [0.29, 0.717) is 32.3 Å². The number of halogens is 2. The number of esters is 1. The van der Waals surface area contributed by atoms with Crippen molar-refractivity contribution in [2.24, 2.45) is 0 Å². The van der Waals surface area contributed by atoms with E-state index in [1.165, 1.54) is 42.7 Å². The minimum Gasteiger partial charge on any atom is -0.465 e. The lowest BCUT2D eigenvalue weighted by molar-refractivity contribution is 0.0599. The highest BCUT2D eigenvalue weighted by molar-refractivity contribution is 9.10.